The Bertz CT molecular complexity index is 850. The van der Waals surface area contributed by atoms with E-state index in [0.29, 0.717) is 24.4 Å². The van der Waals surface area contributed by atoms with Crippen molar-refractivity contribution in [3.8, 4) is 5.75 Å². The van der Waals surface area contributed by atoms with Gasteiger partial charge in [0.1, 0.15) is 11.9 Å². The van der Waals surface area contributed by atoms with Gasteiger partial charge in [-0.25, -0.2) is 0 Å². The highest BCUT2D eigenvalue weighted by molar-refractivity contribution is 5.97. The first-order valence-corrected chi connectivity index (χ1v) is 10.9. The summed E-state index contributed by atoms with van der Waals surface area (Å²) in [5, 5.41) is 9.96. The largest absolute Gasteiger partial charge is 0.489 e. The second-order valence-corrected chi connectivity index (χ2v) is 8.50. The Hall–Kier alpha value is -2.44. The maximum atomic E-state index is 13.1. The molecular formula is C24H31N3O3. The molecule has 2 aliphatic heterocycles. The molecule has 6 heteroatoms. The maximum absolute atomic E-state index is 13.1. The molecule has 160 valence electrons. The quantitative estimate of drug-likeness (QED) is 0.822. The Morgan fingerprint density at radius 2 is 1.90 bits per heavy atom. The van der Waals surface area contributed by atoms with Crippen LogP contribution in [0.1, 0.15) is 47.2 Å². The summed E-state index contributed by atoms with van der Waals surface area (Å²) in [7, 11) is 0. The van der Waals surface area contributed by atoms with Crippen molar-refractivity contribution in [1.29, 1.82) is 0 Å². The maximum Gasteiger partial charge on any atom is 0.257 e. The minimum absolute atomic E-state index is 0.0393. The van der Waals surface area contributed by atoms with Crippen LogP contribution in [0.25, 0.3) is 0 Å². The van der Waals surface area contributed by atoms with E-state index in [1.54, 1.807) is 4.90 Å². The lowest BCUT2D eigenvalue weighted by atomic mass is 10.0. The first-order chi connectivity index (χ1) is 14.6. The molecule has 2 aliphatic rings. The molecule has 0 radical (unpaired) electrons. The number of piperidine rings is 2. The predicted octanol–water partition coefficient (Wildman–Crippen LogP) is 3.03. The summed E-state index contributed by atoms with van der Waals surface area (Å²) in [5.74, 6) is 0.626. The molecule has 0 bridgehead atoms. The Morgan fingerprint density at radius 1 is 1.13 bits per heavy atom. The Morgan fingerprint density at radius 3 is 2.63 bits per heavy atom. The normalized spacial score (nSPS) is 20.9. The lowest BCUT2D eigenvalue weighted by Gasteiger charge is -2.33. The fourth-order valence-electron chi connectivity index (χ4n) is 4.33. The summed E-state index contributed by atoms with van der Waals surface area (Å²) in [4.78, 5) is 21.4. The minimum atomic E-state index is -0.429. The summed E-state index contributed by atoms with van der Waals surface area (Å²) in [6.07, 6.45) is 6.83. The van der Waals surface area contributed by atoms with Crippen molar-refractivity contribution >= 4 is 5.91 Å². The highest BCUT2D eigenvalue weighted by Crippen LogP contribution is 2.27. The number of aliphatic hydroxyl groups is 1. The monoisotopic (exact) mass is 409 g/mol. The number of aryl methyl sites for hydroxylation is 1. The fraction of sp³-hybridized carbons (Fsp3) is 0.500. The average Bonchev–Trinajstić information content (AvgIpc) is 2.76. The van der Waals surface area contributed by atoms with Crippen LogP contribution < -0.4 is 4.74 Å². The molecule has 3 heterocycles. The zero-order chi connectivity index (χ0) is 20.9. The number of aromatic nitrogens is 1. The van der Waals surface area contributed by atoms with E-state index in [-0.39, 0.29) is 12.0 Å². The molecule has 30 heavy (non-hydrogen) atoms. The van der Waals surface area contributed by atoms with Gasteiger partial charge in [-0.1, -0.05) is 11.6 Å². The van der Waals surface area contributed by atoms with Gasteiger partial charge in [-0.3, -0.25) is 14.7 Å². The number of aliphatic hydroxyl groups excluding tert-OH is 1. The summed E-state index contributed by atoms with van der Waals surface area (Å²) in [5.41, 5.74) is 2.93. The van der Waals surface area contributed by atoms with Gasteiger partial charge in [-0.2, -0.15) is 0 Å². The van der Waals surface area contributed by atoms with Crippen LogP contribution in [0.2, 0.25) is 0 Å². The predicted molar refractivity (Wildman–Crippen MR) is 115 cm³/mol. The van der Waals surface area contributed by atoms with E-state index in [0.717, 1.165) is 50.9 Å². The van der Waals surface area contributed by atoms with Crippen LogP contribution >= 0.6 is 0 Å². The highest BCUT2D eigenvalue weighted by atomic mass is 16.5. The van der Waals surface area contributed by atoms with Gasteiger partial charge in [0.25, 0.3) is 5.91 Å². The Labute approximate surface area is 178 Å². The number of amides is 1. The first kappa shape index (κ1) is 20.8. The van der Waals surface area contributed by atoms with E-state index in [9.17, 15) is 9.90 Å². The topological polar surface area (TPSA) is 65.9 Å². The summed E-state index contributed by atoms with van der Waals surface area (Å²) in [6.45, 7) is 5.96. The van der Waals surface area contributed by atoms with Crippen molar-refractivity contribution in [2.75, 3.05) is 26.2 Å². The highest BCUT2D eigenvalue weighted by Gasteiger charge is 2.27. The number of likely N-dealkylation sites (tertiary alicyclic amines) is 2. The Balaban J connectivity index is 1.38. The van der Waals surface area contributed by atoms with Gasteiger partial charge in [-0.15, -0.1) is 0 Å². The second kappa shape index (κ2) is 9.58. The van der Waals surface area contributed by atoms with E-state index < -0.39 is 6.10 Å². The second-order valence-electron chi connectivity index (χ2n) is 8.50. The van der Waals surface area contributed by atoms with Crippen LogP contribution in [0.15, 0.2) is 42.7 Å². The number of hydrogen-bond acceptors (Lipinski definition) is 5. The van der Waals surface area contributed by atoms with E-state index in [1.807, 2.05) is 37.5 Å². The summed E-state index contributed by atoms with van der Waals surface area (Å²) < 4.78 is 6.33. The van der Waals surface area contributed by atoms with Crippen LogP contribution in [0, 0.1) is 6.92 Å². The molecule has 0 spiro atoms. The molecule has 1 aromatic heterocycles. The zero-order valence-electron chi connectivity index (χ0n) is 17.7. The number of nitrogens with zero attached hydrogens (tertiary/aromatic N) is 3. The molecule has 4 rings (SSSR count). The van der Waals surface area contributed by atoms with E-state index in [2.05, 4.69) is 22.0 Å². The third-order valence-electron chi connectivity index (χ3n) is 6.03. The van der Waals surface area contributed by atoms with Crippen LogP contribution in [0.3, 0.4) is 0 Å². The van der Waals surface area contributed by atoms with Gasteiger partial charge in [0, 0.05) is 45.1 Å². The smallest absolute Gasteiger partial charge is 0.257 e. The van der Waals surface area contributed by atoms with Gasteiger partial charge >= 0.3 is 0 Å². The van der Waals surface area contributed by atoms with Crippen LogP contribution in [0.4, 0.5) is 0 Å². The fourth-order valence-corrected chi connectivity index (χ4v) is 4.33. The number of hydrogen-bond donors (Lipinski definition) is 1. The standard InChI is InChI=1S/C24H31N3O3/c1-18-4-5-23(22(15-18)24(29)27-12-2-3-20(28)17-27)30-21-8-13-26(14-9-21)16-19-6-10-25-11-7-19/h4-7,10-11,15,20-21,28H,2-3,8-9,12-14,16-17H2,1H3. The molecule has 1 atom stereocenters. The molecule has 1 aromatic carbocycles. The molecule has 2 fully saturated rings. The van der Waals surface area contributed by atoms with E-state index in [4.69, 9.17) is 4.74 Å². The van der Waals surface area contributed by atoms with E-state index in [1.165, 1.54) is 5.56 Å². The number of pyridine rings is 1. The third kappa shape index (κ3) is 5.18. The molecule has 1 unspecified atom stereocenters. The van der Waals surface area contributed by atoms with Gasteiger partial charge in [0.15, 0.2) is 0 Å². The molecule has 1 N–H and O–H groups in total. The van der Waals surface area contributed by atoms with E-state index >= 15 is 0 Å². The molecule has 2 aromatic rings. The summed E-state index contributed by atoms with van der Waals surface area (Å²) in [6, 6.07) is 9.95. The zero-order valence-corrected chi connectivity index (χ0v) is 17.7. The molecule has 0 saturated carbocycles. The number of carbonyl (C=O) groups excluding carboxylic acids is 1. The average molecular weight is 410 g/mol. The molecule has 0 aliphatic carbocycles. The van der Waals surface area contributed by atoms with Crippen molar-refractivity contribution in [3.63, 3.8) is 0 Å². The third-order valence-corrected chi connectivity index (χ3v) is 6.03. The SMILES string of the molecule is Cc1ccc(OC2CCN(Cc3ccncc3)CC2)c(C(=O)N2CCCC(O)C2)c1. The van der Waals surface area contributed by atoms with Gasteiger partial charge < -0.3 is 14.7 Å². The molecular weight excluding hydrogens is 378 g/mol. The van der Waals surface area contributed by atoms with Crippen molar-refractivity contribution in [3.05, 3.63) is 59.4 Å². The molecule has 2 saturated heterocycles. The number of β-amino-alcohol motifs (C(OH)–C–C–N with tert-alkyl or cyclic N) is 1. The van der Waals surface area contributed by atoms with Crippen molar-refractivity contribution in [1.82, 2.24) is 14.8 Å². The number of ether oxygens (including phenoxy) is 1. The van der Waals surface area contributed by atoms with Gasteiger partial charge in [0.05, 0.1) is 11.7 Å². The summed E-state index contributed by atoms with van der Waals surface area (Å²) >= 11 is 0. The van der Waals surface area contributed by atoms with Crippen LogP contribution in [0.5, 0.6) is 5.75 Å². The lowest BCUT2D eigenvalue weighted by Crippen LogP contribution is -2.42. The van der Waals surface area contributed by atoms with Crippen molar-refractivity contribution < 1.29 is 14.6 Å². The minimum Gasteiger partial charge on any atom is -0.489 e. The number of benzene rings is 1. The van der Waals surface area contributed by atoms with Crippen LogP contribution in [-0.4, -0.2) is 64.2 Å². The molecule has 6 nitrogen and oxygen atoms in total. The van der Waals surface area contributed by atoms with Gasteiger partial charge in [0.2, 0.25) is 0 Å². The number of carbonyl (C=O) groups is 1. The Kier molecular flexibility index (Phi) is 6.65. The lowest BCUT2D eigenvalue weighted by molar-refractivity contribution is 0.0463. The van der Waals surface area contributed by atoms with Crippen molar-refractivity contribution in [2.24, 2.45) is 0 Å². The van der Waals surface area contributed by atoms with Crippen LogP contribution in [-0.2, 0) is 6.54 Å². The molecule has 1 amide bonds. The van der Waals surface area contributed by atoms with Crippen molar-refractivity contribution in [2.45, 2.75) is 51.4 Å². The number of rotatable bonds is 5. The first-order valence-electron chi connectivity index (χ1n) is 10.9. The van der Waals surface area contributed by atoms with Gasteiger partial charge in [-0.05, 0) is 62.4 Å².